The number of ether oxygens (including phenoxy) is 1. The molecule has 264 valence electrons. The number of alkyl halides is 3. The highest BCUT2D eigenvalue weighted by atomic mass is 19.4. The van der Waals surface area contributed by atoms with Gasteiger partial charge in [0.1, 0.15) is 17.9 Å². The first-order valence-corrected chi connectivity index (χ1v) is 16.0. The van der Waals surface area contributed by atoms with Gasteiger partial charge in [0, 0.05) is 38.6 Å². The van der Waals surface area contributed by atoms with E-state index in [1.165, 1.54) is 43.5 Å². The average Bonchev–Trinajstić information content (AvgIpc) is 3.55. The lowest BCUT2D eigenvalue weighted by Crippen LogP contribution is -2.56. The molecule has 1 aliphatic heterocycles. The van der Waals surface area contributed by atoms with E-state index in [0.29, 0.717) is 5.56 Å². The fourth-order valence-electron chi connectivity index (χ4n) is 5.41. The van der Waals surface area contributed by atoms with Gasteiger partial charge in [-0.1, -0.05) is 60.7 Å². The van der Waals surface area contributed by atoms with Gasteiger partial charge in [-0.3, -0.25) is 14.4 Å². The first-order chi connectivity index (χ1) is 23.8. The van der Waals surface area contributed by atoms with Crippen molar-refractivity contribution in [3.05, 3.63) is 108 Å². The Bertz CT molecular complexity index is 1750. The molecule has 2 atom stereocenters. The number of nitrogens with one attached hydrogen (secondary N) is 2. The molecule has 1 aliphatic rings. The zero-order valence-electron chi connectivity index (χ0n) is 27.6. The number of hydrogen-bond donors (Lipinski definition) is 3. The fourth-order valence-corrected chi connectivity index (χ4v) is 5.41. The second-order valence-corrected chi connectivity index (χ2v) is 12.4. The summed E-state index contributed by atoms with van der Waals surface area (Å²) in [7, 11) is 0. The number of carbonyl (C=O) groups excluding carboxylic acids is 3. The van der Waals surface area contributed by atoms with Crippen LogP contribution in [0.4, 0.5) is 24.8 Å². The van der Waals surface area contributed by atoms with Crippen molar-refractivity contribution in [2.75, 3.05) is 43.0 Å². The van der Waals surface area contributed by atoms with Crippen LogP contribution in [0.3, 0.4) is 0 Å². The van der Waals surface area contributed by atoms with Crippen LogP contribution in [0.1, 0.15) is 36.6 Å². The Labute approximate surface area is 287 Å². The summed E-state index contributed by atoms with van der Waals surface area (Å²) in [5, 5.41) is 5.34. The van der Waals surface area contributed by atoms with Crippen LogP contribution in [0.15, 0.2) is 91.5 Å². The van der Waals surface area contributed by atoms with Crippen LogP contribution >= 0.6 is 0 Å². The number of aromatic nitrogens is 3. The molecule has 4 aromatic rings. The van der Waals surface area contributed by atoms with Crippen LogP contribution < -0.4 is 21.3 Å². The highest BCUT2D eigenvalue weighted by molar-refractivity contribution is 5.98. The Hall–Kier alpha value is -5.28. The number of benzene rings is 2. The highest BCUT2D eigenvalue weighted by Crippen LogP contribution is 2.35. The largest absolute Gasteiger partial charge is 0.419 e. The molecule has 0 aliphatic carbocycles. The molecule has 2 aromatic carbocycles. The predicted molar refractivity (Wildman–Crippen MR) is 180 cm³/mol. The summed E-state index contributed by atoms with van der Waals surface area (Å²) in [5.41, 5.74) is 5.40. The standard InChI is InChI=1S/C35H39F3N8O4/c1-34(2,39)33(49)42-27(22-50-21-24-10-5-3-6-11-24)31(47)43-28-20-46(23-41-28)29(25-12-7-4-8-13-25)32(48)45-18-16-44(17-19-45)30-26(35(36,37)38)14-9-15-40-30/h3-15,20,23,27,29H,16-19,21-22,39H2,1-2H3,(H,42,49)(H,43,47). The maximum absolute atomic E-state index is 14.1. The fraction of sp³-hybridized carbons (Fsp3) is 0.343. The SMILES string of the molecule is CC(C)(N)C(=O)NC(COCc1ccccc1)C(=O)Nc1cn(C(C(=O)N2CCN(c3ncccc3C(F)(F)F)CC2)c2ccccc2)cn1. The zero-order valence-corrected chi connectivity index (χ0v) is 27.6. The van der Waals surface area contributed by atoms with Crippen molar-refractivity contribution in [1.82, 2.24) is 24.8 Å². The number of amides is 3. The summed E-state index contributed by atoms with van der Waals surface area (Å²) < 4.78 is 48.2. The Kier molecular flexibility index (Phi) is 11.2. The van der Waals surface area contributed by atoms with Crippen LogP contribution in [0.2, 0.25) is 0 Å². The molecule has 1 fully saturated rings. The number of anilines is 2. The normalized spacial score (nSPS) is 14.9. The van der Waals surface area contributed by atoms with Crippen LogP contribution in [0.25, 0.3) is 0 Å². The number of piperazine rings is 1. The summed E-state index contributed by atoms with van der Waals surface area (Å²) in [6.45, 7) is 3.72. The third-order valence-electron chi connectivity index (χ3n) is 8.09. The molecule has 15 heteroatoms. The summed E-state index contributed by atoms with van der Waals surface area (Å²) in [6.07, 6.45) is -0.335. The van der Waals surface area contributed by atoms with Crippen molar-refractivity contribution in [1.29, 1.82) is 0 Å². The number of pyridine rings is 1. The number of nitrogens with two attached hydrogens (primary N) is 1. The third kappa shape index (κ3) is 9.03. The van der Waals surface area contributed by atoms with Crippen molar-refractivity contribution >= 4 is 29.4 Å². The second-order valence-electron chi connectivity index (χ2n) is 12.4. The summed E-state index contributed by atoms with van der Waals surface area (Å²) in [4.78, 5) is 51.6. The molecular formula is C35H39F3N8O4. The van der Waals surface area contributed by atoms with E-state index in [1.807, 2.05) is 36.4 Å². The molecule has 5 rings (SSSR count). The van der Waals surface area contributed by atoms with Gasteiger partial charge in [0.2, 0.25) is 11.8 Å². The van der Waals surface area contributed by atoms with Gasteiger partial charge in [-0.25, -0.2) is 9.97 Å². The number of nitrogens with zero attached hydrogens (tertiary/aromatic N) is 5. The van der Waals surface area contributed by atoms with E-state index in [0.717, 1.165) is 11.6 Å². The lowest BCUT2D eigenvalue weighted by Gasteiger charge is -2.38. The van der Waals surface area contributed by atoms with Crippen LogP contribution in [-0.2, 0) is 31.9 Å². The smallest absolute Gasteiger partial charge is 0.374 e. The first-order valence-electron chi connectivity index (χ1n) is 16.0. The third-order valence-corrected chi connectivity index (χ3v) is 8.09. The maximum atomic E-state index is 14.1. The molecule has 0 saturated carbocycles. The number of imidazole rings is 1. The molecule has 50 heavy (non-hydrogen) atoms. The van der Waals surface area contributed by atoms with Gasteiger partial charge >= 0.3 is 6.18 Å². The molecule has 4 N–H and O–H groups in total. The highest BCUT2D eigenvalue weighted by Gasteiger charge is 2.37. The number of carbonyl (C=O) groups is 3. The van der Waals surface area contributed by atoms with Gasteiger partial charge in [0.15, 0.2) is 5.82 Å². The molecule has 3 heterocycles. The maximum Gasteiger partial charge on any atom is 0.419 e. The summed E-state index contributed by atoms with van der Waals surface area (Å²) >= 11 is 0. The van der Waals surface area contributed by atoms with E-state index in [9.17, 15) is 27.6 Å². The Balaban J connectivity index is 1.30. The minimum absolute atomic E-state index is 0.123. The van der Waals surface area contributed by atoms with Crippen molar-refractivity contribution in [3.63, 3.8) is 0 Å². The van der Waals surface area contributed by atoms with E-state index >= 15 is 0 Å². The average molecular weight is 693 g/mol. The van der Waals surface area contributed by atoms with Gasteiger partial charge in [-0.2, -0.15) is 13.2 Å². The summed E-state index contributed by atoms with van der Waals surface area (Å²) in [5.74, 6) is -1.51. The summed E-state index contributed by atoms with van der Waals surface area (Å²) in [6, 6.07) is 18.5. The number of rotatable bonds is 12. The van der Waals surface area contributed by atoms with E-state index in [4.69, 9.17) is 10.5 Å². The molecule has 12 nitrogen and oxygen atoms in total. The molecule has 2 unspecified atom stereocenters. The number of halogens is 3. The minimum atomic E-state index is -4.56. The Morgan fingerprint density at radius 3 is 2.22 bits per heavy atom. The first kappa shape index (κ1) is 36.0. The van der Waals surface area contributed by atoms with Gasteiger partial charge in [0.05, 0.1) is 30.6 Å². The van der Waals surface area contributed by atoms with Crippen LogP contribution in [-0.4, -0.2) is 81.5 Å². The zero-order chi connectivity index (χ0) is 35.9. The van der Waals surface area contributed by atoms with Crippen molar-refractivity contribution in [2.45, 2.75) is 44.3 Å². The second kappa shape index (κ2) is 15.5. The molecule has 3 amide bonds. The van der Waals surface area contributed by atoms with Gasteiger partial charge < -0.3 is 35.5 Å². The van der Waals surface area contributed by atoms with E-state index in [1.54, 1.807) is 33.7 Å². The van der Waals surface area contributed by atoms with Gasteiger partial charge in [-0.05, 0) is 37.1 Å². The monoisotopic (exact) mass is 692 g/mol. The van der Waals surface area contributed by atoms with Crippen LogP contribution in [0, 0.1) is 0 Å². The molecule has 0 radical (unpaired) electrons. The molecule has 0 bridgehead atoms. The predicted octanol–water partition coefficient (Wildman–Crippen LogP) is 3.61. The lowest BCUT2D eigenvalue weighted by molar-refractivity contribution is -0.138. The lowest BCUT2D eigenvalue weighted by atomic mass is 10.0. The number of hydrogen-bond acceptors (Lipinski definition) is 8. The van der Waals surface area contributed by atoms with Crippen molar-refractivity contribution < 1.29 is 32.3 Å². The van der Waals surface area contributed by atoms with Gasteiger partial charge in [-0.15, -0.1) is 0 Å². The van der Waals surface area contributed by atoms with Crippen molar-refractivity contribution in [2.24, 2.45) is 5.73 Å². The molecule has 0 spiro atoms. The molecule has 1 saturated heterocycles. The molecule has 2 aromatic heterocycles. The minimum Gasteiger partial charge on any atom is -0.374 e. The van der Waals surface area contributed by atoms with Gasteiger partial charge in [0.25, 0.3) is 5.91 Å². The van der Waals surface area contributed by atoms with Crippen molar-refractivity contribution in [3.8, 4) is 0 Å². The van der Waals surface area contributed by atoms with Crippen LogP contribution in [0.5, 0.6) is 0 Å². The van der Waals surface area contributed by atoms with E-state index < -0.39 is 41.2 Å². The Morgan fingerprint density at radius 2 is 1.58 bits per heavy atom. The van der Waals surface area contributed by atoms with E-state index in [-0.39, 0.29) is 56.9 Å². The topological polar surface area (TPSA) is 148 Å². The quantitative estimate of drug-likeness (QED) is 0.204. The Morgan fingerprint density at radius 1 is 0.920 bits per heavy atom. The van der Waals surface area contributed by atoms with E-state index in [2.05, 4.69) is 20.6 Å². The molecular weight excluding hydrogens is 653 g/mol.